The van der Waals surface area contributed by atoms with E-state index in [1.54, 1.807) is 34.6 Å². The number of hydrogen-bond donors (Lipinski definition) is 2. The van der Waals surface area contributed by atoms with E-state index in [-0.39, 0.29) is 0 Å². The fourth-order valence-electron chi connectivity index (χ4n) is 1.42. The predicted molar refractivity (Wildman–Crippen MR) is 64.6 cm³/mol. The van der Waals surface area contributed by atoms with E-state index in [9.17, 15) is 19.1 Å². The Labute approximate surface area is 102 Å². The van der Waals surface area contributed by atoms with Crippen LogP contribution in [0.25, 0.3) is 0 Å². The van der Waals surface area contributed by atoms with Crippen LogP contribution in [-0.4, -0.2) is 45.1 Å². The van der Waals surface area contributed by atoms with Crippen molar-refractivity contribution in [2.75, 3.05) is 13.1 Å². The minimum Gasteiger partial charge on any atom is -0.458 e. The van der Waals surface area contributed by atoms with Crippen molar-refractivity contribution in [2.24, 2.45) is 0 Å². The molecule has 0 saturated carbocycles. The van der Waals surface area contributed by atoms with Crippen LogP contribution < -0.4 is 0 Å². The third-order valence-corrected chi connectivity index (χ3v) is 3.27. The fourth-order valence-corrected chi connectivity index (χ4v) is 2.50. The zero-order valence-electron chi connectivity index (χ0n) is 11.0. The molecule has 0 aromatic rings. The maximum absolute atomic E-state index is 11.8. The van der Waals surface area contributed by atoms with Crippen molar-refractivity contribution < 1.29 is 23.9 Å². The van der Waals surface area contributed by atoms with Gasteiger partial charge in [0.2, 0.25) is 5.78 Å². The van der Waals surface area contributed by atoms with E-state index in [0.29, 0.717) is 13.1 Å². The van der Waals surface area contributed by atoms with Gasteiger partial charge >= 0.3 is 13.6 Å². The lowest BCUT2D eigenvalue weighted by atomic mass is 10.2. The highest BCUT2D eigenvalue weighted by atomic mass is 31.2. The first-order valence-electron chi connectivity index (χ1n) is 5.55. The van der Waals surface area contributed by atoms with Gasteiger partial charge in [0.1, 0.15) is 5.60 Å². The Bertz CT molecular complexity index is 302. The number of hydrogen-bond acceptors (Lipinski definition) is 4. The third-order valence-electron chi connectivity index (χ3n) is 2.09. The van der Waals surface area contributed by atoms with Crippen molar-refractivity contribution in [3.8, 4) is 0 Å². The average molecular weight is 267 g/mol. The lowest BCUT2D eigenvalue weighted by molar-refractivity contribution is -0.158. The molecule has 2 N–H and O–H groups in total. The summed E-state index contributed by atoms with van der Waals surface area (Å²) < 4.78 is 16.4. The molecule has 1 unspecified atom stereocenters. The highest BCUT2D eigenvalue weighted by Crippen LogP contribution is 2.43. The maximum atomic E-state index is 11.8. The number of carbonyl (C=O) groups excluding carboxylic acids is 1. The van der Waals surface area contributed by atoms with E-state index >= 15 is 0 Å². The molecule has 17 heavy (non-hydrogen) atoms. The molecule has 6 nitrogen and oxygen atoms in total. The topological polar surface area (TPSA) is 87.1 Å². The molecule has 102 valence electrons. The molecule has 0 aliphatic heterocycles. The van der Waals surface area contributed by atoms with Gasteiger partial charge in [0.25, 0.3) is 0 Å². The second kappa shape index (κ2) is 5.96. The number of esters is 1. The highest BCUT2D eigenvalue weighted by molar-refractivity contribution is 7.53. The number of likely N-dealkylation sites (N-methyl/N-ethyl adjacent to an activating group) is 1. The molecule has 0 fully saturated rings. The summed E-state index contributed by atoms with van der Waals surface area (Å²) >= 11 is 0. The van der Waals surface area contributed by atoms with Gasteiger partial charge in [-0.15, -0.1) is 0 Å². The predicted octanol–water partition coefficient (Wildman–Crippen LogP) is 1.17. The molecular formula is C10H22NO5P. The molecule has 0 aliphatic carbocycles. The largest absolute Gasteiger partial charge is 0.458 e. The first-order valence-corrected chi connectivity index (χ1v) is 7.23. The Morgan fingerprint density at radius 2 is 1.71 bits per heavy atom. The van der Waals surface area contributed by atoms with Crippen LogP contribution in [0.4, 0.5) is 0 Å². The van der Waals surface area contributed by atoms with Crippen LogP contribution >= 0.6 is 7.60 Å². The van der Waals surface area contributed by atoms with Crippen molar-refractivity contribution in [2.45, 2.75) is 46.0 Å². The summed E-state index contributed by atoms with van der Waals surface area (Å²) in [7, 11) is -4.56. The molecule has 0 radical (unpaired) electrons. The normalized spacial score (nSPS) is 14.8. The van der Waals surface area contributed by atoms with Crippen LogP contribution in [0, 0.1) is 0 Å². The summed E-state index contributed by atoms with van der Waals surface area (Å²) in [5.74, 6) is -2.40. The smallest absolute Gasteiger partial charge is 0.354 e. The van der Waals surface area contributed by atoms with Crippen molar-refractivity contribution in [3.05, 3.63) is 0 Å². The SMILES string of the molecule is CCN(CC)C(C(=O)OC(C)(C)C)P(=O)(O)O. The fraction of sp³-hybridized carbons (Fsp3) is 0.900. The Kier molecular flexibility index (Phi) is 5.81. The molecule has 0 aliphatic rings. The summed E-state index contributed by atoms with van der Waals surface area (Å²) in [6.07, 6.45) is 0. The highest BCUT2D eigenvalue weighted by Gasteiger charge is 2.42. The maximum Gasteiger partial charge on any atom is 0.354 e. The van der Waals surface area contributed by atoms with E-state index in [1.165, 1.54) is 4.90 Å². The number of ether oxygens (including phenoxy) is 1. The Balaban J connectivity index is 5.07. The summed E-state index contributed by atoms with van der Waals surface area (Å²) in [5.41, 5.74) is -0.766. The summed E-state index contributed by atoms with van der Waals surface area (Å²) in [6.45, 7) is 9.17. The molecule has 0 spiro atoms. The number of nitrogens with zero attached hydrogens (tertiary/aromatic N) is 1. The van der Waals surface area contributed by atoms with Gasteiger partial charge in [-0.05, 0) is 33.9 Å². The van der Waals surface area contributed by atoms with Crippen molar-refractivity contribution in [1.29, 1.82) is 0 Å². The molecule has 0 bridgehead atoms. The van der Waals surface area contributed by atoms with Crippen molar-refractivity contribution in [1.82, 2.24) is 4.90 Å². The molecule has 0 aromatic heterocycles. The Hall–Kier alpha value is -0.420. The van der Waals surface area contributed by atoms with Crippen LogP contribution in [0.2, 0.25) is 0 Å². The van der Waals surface area contributed by atoms with E-state index in [2.05, 4.69) is 0 Å². The standard InChI is InChI=1S/C10H22NO5P/c1-6-11(7-2)8(17(13,14)15)9(12)16-10(3,4)5/h8H,6-7H2,1-5H3,(H2,13,14,15). The van der Waals surface area contributed by atoms with Gasteiger partial charge in [-0.2, -0.15) is 0 Å². The summed E-state index contributed by atoms with van der Waals surface area (Å²) in [4.78, 5) is 31.7. The lowest BCUT2D eigenvalue weighted by Gasteiger charge is -2.30. The van der Waals surface area contributed by atoms with E-state index in [1.807, 2.05) is 0 Å². The Morgan fingerprint density at radius 1 is 1.29 bits per heavy atom. The molecule has 0 saturated heterocycles. The van der Waals surface area contributed by atoms with Gasteiger partial charge in [0, 0.05) is 0 Å². The van der Waals surface area contributed by atoms with Gasteiger partial charge in [0.05, 0.1) is 0 Å². The van der Waals surface area contributed by atoms with Gasteiger partial charge in [0.15, 0.2) is 0 Å². The van der Waals surface area contributed by atoms with Gasteiger partial charge < -0.3 is 14.5 Å². The molecule has 0 heterocycles. The van der Waals surface area contributed by atoms with Gasteiger partial charge in [-0.1, -0.05) is 13.8 Å². The minimum absolute atomic E-state index is 0.367. The number of rotatable bonds is 5. The molecule has 0 amide bonds. The van der Waals surface area contributed by atoms with Crippen LogP contribution in [0.5, 0.6) is 0 Å². The quantitative estimate of drug-likeness (QED) is 0.574. The van der Waals surface area contributed by atoms with Crippen LogP contribution in [0.15, 0.2) is 0 Å². The Morgan fingerprint density at radius 3 is 1.94 bits per heavy atom. The zero-order chi connectivity index (χ0) is 13.9. The molecule has 0 aromatic carbocycles. The summed E-state index contributed by atoms with van der Waals surface area (Å²) in [5, 5.41) is 0. The van der Waals surface area contributed by atoms with Crippen molar-refractivity contribution in [3.63, 3.8) is 0 Å². The molecule has 0 rings (SSSR count). The van der Waals surface area contributed by atoms with Gasteiger partial charge in [-0.3, -0.25) is 9.46 Å². The molecule has 1 atom stereocenters. The monoisotopic (exact) mass is 267 g/mol. The van der Waals surface area contributed by atoms with E-state index < -0.39 is 24.9 Å². The van der Waals surface area contributed by atoms with Crippen molar-refractivity contribution >= 4 is 13.6 Å². The van der Waals surface area contributed by atoms with Crippen LogP contribution in [0.1, 0.15) is 34.6 Å². The lowest BCUT2D eigenvalue weighted by Crippen LogP contribution is -2.44. The van der Waals surface area contributed by atoms with Crippen LogP contribution in [-0.2, 0) is 14.1 Å². The first-order chi connectivity index (χ1) is 7.53. The second-order valence-corrected chi connectivity index (χ2v) is 6.38. The molecular weight excluding hydrogens is 245 g/mol. The average Bonchev–Trinajstić information content (AvgIpc) is 2.08. The third kappa shape index (κ3) is 5.64. The van der Waals surface area contributed by atoms with Crippen LogP contribution in [0.3, 0.4) is 0 Å². The van der Waals surface area contributed by atoms with E-state index in [0.717, 1.165) is 0 Å². The summed E-state index contributed by atoms with van der Waals surface area (Å²) in [6, 6.07) is 0. The molecule has 7 heteroatoms. The second-order valence-electron chi connectivity index (χ2n) is 4.72. The minimum atomic E-state index is -4.56. The first kappa shape index (κ1) is 16.6. The van der Waals surface area contributed by atoms with E-state index in [4.69, 9.17) is 4.74 Å². The van der Waals surface area contributed by atoms with Gasteiger partial charge in [-0.25, -0.2) is 4.79 Å². The number of carbonyl (C=O) groups is 1. The zero-order valence-corrected chi connectivity index (χ0v) is 11.9.